The number of likely N-dealkylation sites (tertiary alicyclic amines) is 1. The summed E-state index contributed by atoms with van der Waals surface area (Å²) in [6.45, 7) is 3.69. The summed E-state index contributed by atoms with van der Waals surface area (Å²) in [5.74, 6) is 3.46. The van der Waals surface area contributed by atoms with Crippen molar-refractivity contribution in [1.82, 2.24) is 20.1 Å². The van der Waals surface area contributed by atoms with Gasteiger partial charge in [0.2, 0.25) is 11.8 Å². The van der Waals surface area contributed by atoms with Crippen LogP contribution in [-0.2, 0) is 6.54 Å². The van der Waals surface area contributed by atoms with Crippen molar-refractivity contribution in [2.24, 2.45) is 5.92 Å². The van der Waals surface area contributed by atoms with Gasteiger partial charge in [0, 0.05) is 25.2 Å². The first-order chi connectivity index (χ1) is 11.8. The Balaban J connectivity index is 1.24. The first kappa shape index (κ1) is 15.1. The van der Waals surface area contributed by atoms with Crippen molar-refractivity contribution in [3.63, 3.8) is 0 Å². The van der Waals surface area contributed by atoms with E-state index in [1.807, 2.05) is 6.07 Å². The largest absolute Gasteiger partial charge is 0.424 e. The third-order valence-electron chi connectivity index (χ3n) is 4.60. The first-order valence-corrected chi connectivity index (χ1v) is 8.45. The predicted octanol–water partition coefficient (Wildman–Crippen LogP) is 2.15. The number of aromatic nitrogens is 3. The Labute approximate surface area is 140 Å². The number of pyridine rings is 1. The van der Waals surface area contributed by atoms with Crippen LogP contribution in [0.3, 0.4) is 0 Å². The van der Waals surface area contributed by atoms with Gasteiger partial charge in [-0.2, -0.15) is 5.26 Å². The summed E-state index contributed by atoms with van der Waals surface area (Å²) >= 11 is 0. The van der Waals surface area contributed by atoms with Crippen LogP contribution in [0.25, 0.3) is 0 Å². The quantitative estimate of drug-likeness (QED) is 0.870. The second-order valence-electron chi connectivity index (χ2n) is 6.62. The van der Waals surface area contributed by atoms with Gasteiger partial charge in [-0.25, -0.2) is 4.98 Å². The molecule has 1 saturated heterocycles. The van der Waals surface area contributed by atoms with Crippen molar-refractivity contribution in [2.45, 2.75) is 31.7 Å². The average Bonchev–Trinajstić information content (AvgIpc) is 3.20. The van der Waals surface area contributed by atoms with Gasteiger partial charge in [-0.3, -0.25) is 4.90 Å². The number of anilines is 1. The molecule has 0 radical (unpaired) electrons. The van der Waals surface area contributed by atoms with Crippen molar-refractivity contribution in [2.75, 3.05) is 25.0 Å². The molecule has 1 atom stereocenters. The SMILES string of the molecule is N#Cc1ccc(NCC2CCN(Cc3nnc(C4CC4)o3)C2)nc1. The highest BCUT2D eigenvalue weighted by atomic mass is 16.4. The van der Waals surface area contributed by atoms with E-state index in [0.717, 1.165) is 50.2 Å². The third kappa shape index (κ3) is 3.54. The molecule has 0 aromatic carbocycles. The number of rotatable bonds is 6. The van der Waals surface area contributed by atoms with Crippen molar-refractivity contribution >= 4 is 5.82 Å². The van der Waals surface area contributed by atoms with Crippen LogP contribution >= 0.6 is 0 Å². The van der Waals surface area contributed by atoms with Crippen LogP contribution in [0.4, 0.5) is 5.82 Å². The third-order valence-corrected chi connectivity index (χ3v) is 4.60. The van der Waals surface area contributed by atoms with E-state index in [1.165, 1.54) is 12.8 Å². The van der Waals surface area contributed by atoms with Crippen LogP contribution in [0.1, 0.15) is 42.5 Å². The first-order valence-electron chi connectivity index (χ1n) is 8.45. The zero-order valence-corrected chi connectivity index (χ0v) is 13.5. The monoisotopic (exact) mass is 324 g/mol. The van der Waals surface area contributed by atoms with Gasteiger partial charge >= 0.3 is 0 Å². The lowest BCUT2D eigenvalue weighted by Crippen LogP contribution is -2.23. The van der Waals surface area contributed by atoms with Crippen LogP contribution in [-0.4, -0.2) is 39.7 Å². The molecule has 1 saturated carbocycles. The molecule has 2 aromatic heterocycles. The summed E-state index contributed by atoms with van der Waals surface area (Å²) in [6.07, 6.45) is 5.11. The molecule has 1 aliphatic carbocycles. The van der Waals surface area contributed by atoms with Crippen molar-refractivity contribution < 1.29 is 4.42 Å². The zero-order valence-electron chi connectivity index (χ0n) is 13.5. The Morgan fingerprint density at radius 2 is 2.21 bits per heavy atom. The van der Waals surface area contributed by atoms with Crippen LogP contribution in [0.5, 0.6) is 0 Å². The Morgan fingerprint density at radius 3 is 2.96 bits per heavy atom. The molecule has 1 unspecified atom stereocenters. The van der Waals surface area contributed by atoms with Gasteiger partial charge in [-0.1, -0.05) is 0 Å². The highest BCUT2D eigenvalue weighted by Gasteiger charge is 2.30. The maximum atomic E-state index is 8.78. The molecule has 2 aromatic rings. The van der Waals surface area contributed by atoms with Crippen molar-refractivity contribution in [3.8, 4) is 6.07 Å². The van der Waals surface area contributed by atoms with Crippen molar-refractivity contribution in [3.05, 3.63) is 35.7 Å². The van der Waals surface area contributed by atoms with E-state index in [1.54, 1.807) is 12.3 Å². The molecule has 7 heteroatoms. The number of nitrogens with one attached hydrogen (secondary N) is 1. The highest BCUT2D eigenvalue weighted by molar-refractivity contribution is 5.38. The Kier molecular flexibility index (Phi) is 4.13. The lowest BCUT2D eigenvalue weighted by atomic mass is 10.1. The lowest BCUT2D eigenvalue weighted by molar-refractivity contribution is 0.278. The Hall–Kier alpha value is -2.46. The van der Waals surface area contributed by atoms with Crippen LogP contribution in [0, 0.1) is 17.2 Å². The Bertz CT molecular complexity index is 730. The van der Waals surface area contributed by atoms with Crippen LogP contribution < -0.4 is 5.32 Å². The second-order valence-corrected chi connectivity index (χ2v) is 6.62. The fourth-order valence-corrected chi connectivity index (χ4v) is 3.05. The molecule has 0 amide bonds. The Morgan fingerprint density at radius 1 is 1.29 bits per heavy atom. The number of nitrogens with zero attached hydrogens (tertiary/aromatic N) is 5. The van der Waals surface area contributed by atoms with E-state index in [0.29, 0.717) is 17.4 Å². The normalized spacial score (nSPS) is 20.9. The van der Waals surface area contributed by atoms with Gasteiger partial charge in [-0.15, -0.1) is 10.2 Å². The molecule has 1 N–H and O–H groups in total. The number of hydrogen-bond acceptors (Lipinski definition) is 7. The minimum atomic E-state index is 0.515. The summed E-state index contributed by atoms with van der Waals surface area (Å²) in [6, 6.07) is 5.71. The second kappa shape index (κ2) is 6.57. The van der Waals surface area contributed by atoms with E-state index < -0.39 is 0 Å². The minimum absolute atomic E-state index is 0.515. The van der Waals surface area contributed by atoms with Crippen molar-refractivity contribution in [1.29, 1.82) is 5.26 Å². The molecule has 3 heterocycles. The lowest BCUT2D eigenvalue weighted by Gasteiger charge is -2.14. The molecule has 24 heavy (non-hydrogen) atoms. The molecule has 124 valence electrons. The van der Waals surface area contributed by atoms with Gasteiger partial charge in [-0.05, 0) is 43.9 Å². The van der Waals surface area contributed by atoms with Gasteiger partial charge in [0.15, 0.2) is 0 Å². The summed E-state index contributed by atoms with van der Waals surface area (Å²) < 4.78 is 5.74. The van der Waals surface area contributed by atoms with Gasteiger partial charge < -0.3 is 9.73 Å². The van der Waals surface area contributed by atoms with E-state index >= 15 is 0 Å². The average molecular weight is 324 g/mol. The van der Waals surface area contributed by atoms with Crippen LogP contribution in [0.2, 0.25) is 0 Å². The predicted molar refractivity (Wildman–Crippen MR) is 87.1 cm³/mol. The summed E-state index contributed by atoms with van der Waals surface area (Å²) in [4.78, 5) is 6.61. The summed E-state index contributed by atoms with van der Waals surface area (Å²) in [5, 5.41) is 20.4. The van der Waals surface area contributed by atoms with Gasteiger partial charge in [0.1, 0.15) is 11.9 Å². The zero-order chi connectivity index (χ0) is 16.4. The maximum absolute atomic E-state index is 8.78. The standard InChI is InChI=1S/C17H20N6O/c18-7-12-1-4-15(19-8-12)20-9-13-5-6-23(10-13)11-16-21-22-17(24-16)14-2-3-14/h1,4,8,13-14H,2-3,5-6,9-11H2,(H,19,20). The molecule has 1 aliphatic heterocycles. The summed E-state index contributed by atoms with van der Waals surface area (Å²) in [5.41, 5.74) is 0.581. The highest BCUT2D eigenvalue weighted by Crippen LogP contribution is 2.39. The molecular weight excluding hydrogens is 304 g/mol. The van der Waals surface area contributed by atoms with E-state index in [9.17, 15) is 0 Å². The number of nitriles is 1. The maximum Gasteiger partial charge on any atom is 0.230 e. The minimum Gasteiger partial charge on any atom is -0.424 e. The van der Waals surface area contributed by atoms with Gasteiger partial charge in [0.25, 0.3) is 0 Å². The molecule has 2 aliphatic rings. The molecule has 7 nitrogen and oxygen atoms in total. The molecule has 0 bridgehead atoms. The molecule has 2 fully saturated rings. The number of hydrogen-bond donors (Lipinski definition) is 1. The fraction of sp³-hybridized carbons (Fsp3) is 0.529. The molecule has 0 spiro atoms. The fourth-order valence-electron chi connectivity index (χ4n) is 3.05. The van der Waals surface area contributed by atoms with Gasteiger partial charge in [0.05, 0.1) is 12.1 Å². The van der Waals surface area contributed by atoms with E-state index in [2.05, 4.69) is 31.5 Å². The molecular formula is C17H20N6O. The summed E-state index contributed by atoms with van der Waals surface area (Å²) in [7, 11) is 0. The smallest absolute Gasteiger partial charge is 0.230 e. The topological polar surface area (TPSA) is 90.9 Å². The van der Waals surface area contributed by atoms with E-state index in [4.69, 9.17) is 9.68 Å². The van der Waals surface area contributed by atoms with Crippen LogP contribution in [0.15, 0.2) is 22.7 Å². The van der Waals surface area contributed by atoms with E-state index in [-0.39, 0.29) is 0 Å². The molecule has 4 rings (SSSR count).